The Labute approximate surface area is 309 Å². The molecule has 0 unspecified atom stereocenters. The summed E-state index contributed by atoms with van der Waals surface area (Å²) < 4.78 is 2.54. The summed E-state index contributed by atoms with van der Waals surface area (Å²) in [6.45, 7) is 9.68. The number of nitrogens with zero attached hydrogens (tertiary/aromatic N) is 3. The van der Waals surface area contributed by atoms with E-state index in [-0.39, 0.29) is 10.8 Å². The Morgan fingerprint density at radius 2 is 1.04 bits per heavy atom. The molecule has 2 aliphatic rings. The van der Waals surface area contributed by atoms with Crippen LogP contribution >= 0.6 is 0 Å². The van der Waals surface area contributed by atoms with Gasteiger partial charge in [-0.2, -0.15) is 0 Å². The van der Waals surface area contributed by atoms with Gasteiger partial charge in [0.25, 0.3) is 0 Å². The van der Waals surface area contributed by atoms with Gasteiger partial charge >= 0.3 is 0 Å². The average molecular weight is 680 g/mol. The Morgan fingerprint density at radius 1 is 0.472 bits per heavy atom. The summed E-state index contributed by atoms with van der Waals surface area (Å²) in [4.78, 5) is 10.3. The minimum Gasteiger partial charge on any atom is -0.309 e. The third-order valence-electron chi connectivity index (χ3n) is 12.1. The molecule has 3 heteroatoms. The molecule has 2 aliphatic carbocycles. The van der Waals surface area contributed by atoms with Crippen molar-refractivity contribution in [2.24, 2.45) is 0 Å². The minimum atomic E-state index is -0.209. The summed E-state index contributed by atoms with van der Waals surface area (Å²) in [5, 5.41) is 3.72. The van der Waals surface area contributed by atoms with E-state index in [1.165, 1.54) is 66.3 Å². The first-order valence-electron chi connectivity index (χ1n) is 18.6. The van der Waals surface area contributed by atoms with E-state index in [2.05, 4.69) is 172 Å². The zero-order valence-corrected chi connectivity index (χ0v) is 30.3. The third kappa shape index (κ3) is 4.00. The van der Waals surface area contributed by atoms with Crippen LogP contribution in [0.15, 0.2) is 152 Å². The van der Waals surface area contributed by atoms with E-state index in [0.29, 0.717) is 0 Å². The van der Waals surface area contributed by atoms with E-state index in [1.54, 1.807) is 0 Å². The predicted octanol–water partition coefficient (Wildman–Crippen LogP) is 12.7. The standard InChI is InChI=1S/C50H37N3/c1-49(2)37-22-12-8-18-33(37)41-42-34-19-9-13-23-38(34)50(3,4)45(42)47-43(44(41)49)36-21-11-15-25-40(36)53(47)32-28-26-31(27-29-32)48-51-39-24-14-10-20-35(39)46(52-48)30-16-6-5-7-17-30/h5-29H,1-4H3. The first-order valence-corrected chi connectivity index (χ1v) is 18.6. The molecule has 0 fully saturated rings. The molecular weight excluding hydrogens is 643 g/mol. The van der Waals surface area contributed by atoms with Crippen LogP contribution in [0.5, 0.6) is 0 Å². The molecule has 0 spiro atoms. The molecule has 2 heterocycles. The van der Waals surface area contributed by atoms with Crippen LogP contribution in [0, 0.1) is 0 Å². The van der Waals surface area contributed by atoms with Crippen LogP contribution in [0.2, 0.25) is 0 Å². The van der Waals surface area contributed by atoms with Crippen molar-refractivity contribution < 1.29 is 0 Å². The van der Waals surface area contributed by atoms with Crippen molar-refractivity contribution in [1.82, 2.24) is 14.5 Å². The molecule has 0 saturated heterocycles. The summed E-state index contributed by atoms with van der Waals surface area (Å²) in [7, 11) is 0. The van der Waals surface area contributed by atoms with Gasteiger partial charge in [0.2, 0.25) is 0 Å². The first-order chi connectivity index (χ1) is 25.8. The fraction of sp³-hybridized carbons (Fsp3) is 0.120. The van der Waals surface area contributed by atoms with Gasteiger partial charge in [0.05, 0.1) is 22.2 Å². The lowest BCUT2D eigenvalue weighted by atomic mass is 9.76. The maximum atomic E-state index is 5.18. The van der Waals surface area contributed by atoms with Gasteiger partial charge in [-0.15, -0.1) is 0 Å². The second-order valence-corrected chi connectivity index (χ2v) is 15.7. The maximum absolute atomic E-state index is 5.18. The molecule has 2 aromatic heterocycles. The fourth-order valence-electron chi connectivity index (χ4n) is 9.81. The van der Waals surface area contributed by atoms with Gasteiger partial charge in [0, 0.05) is 43.8 Å². The van der Waals surface area contributed by atoms with Gasteiger partial charge in [0.15, 0.2) is 5.82 Å². The zero-order chi connectivity index (χ0) is 35.6. The van der Waals surface area contributed by atoms with Crippen LogP contribution in [-0.2, 0) is 10.8 Å². The lowest BCUT2D eigenvalue weighted by molar-refractivity contribution is 0.658. The number of rotatable bonds is 3. The maximum Gasteiger partial charge on any atom is 0.160 e. The quantitative estimate of drug-likeness (QED) is 0.186. The molecule has 53 heavy (non-hydrogen) atoms. The topological polar surface area (TPSA) is 30.7 Å². The molecule has 3 nitrogen and oxygen atoms in total. The molecule has 0 atom stereocenters. The van der Waals surface area contributed by atoms with Gasteiger partial charge in [0.1, 0.15) is 0 Å². The van der Waals surface area contributed by atoms with Crippen LogP contribution in [0.1, 0.15) is 49.9 Å². The van der Waals surface area contributed by atoms with Crippen LogP contribution in [0.4, 0.5) is 0 Å². The normalized spacial score (nSPS) is 14.7. The zero-order valence-electron chi connectivity index (χ0n) is 30.3. The number of fused-ring (bicyclic) bond motifs is 13. The van der Waals surface area contributed by atoms with Crippen molar-refractivity contribution in [3.05, 3.63) is 174 Å². The summed E-state index contributed by atoms with van der Waals surface area (Å²) in [5.41, 5.74) is 18.4. The lowest BCUT2D eigenvalue weighted by Gasteiger charge is -2.27. The number of aromatic nitrogens is 3. The molecule has 0 radical (unpaired) electrons. The van der Waals surface area contributed by atoms with E-state index < -0.39 is 0 Å². The molecule has 7 aromatic carbocycles. The smallest absolute Gasteiger partial charge is 0.160 e. The van der Waals surface area contributed by atoms with Crippen LogP contribution in [-0.4, -0.2) is 14.5 Å². The van der Waals surface area contributed by atoms with E-state index in [4.69, 9.17) is 9.97 Å². The minimum absolute atomic E-state index is 0.177. The predicted molar refractivity (Wildman–Crippen MR) is 220 cm³/mol. The summed E-state index contributed by atoms with van der Waals surface area (Å²) >= 11 is 0. The van der Waals surface area contributed by atoms with Crippen molar-refractivity contribution in [2.75, 3.05) is 0 Å². The summed E-state index contributed by atoms with van der Waals surface area (Å²) in [6.07, 6.45) is 0. The van der Waals surface area contributed by atoms with E-state index in [9.17, 15) is 0 Å². The average Bonchev–Trinajstić information content (AvgIpc) is 3.75. The van der Waals surface area contributed by atoms with E-state index in [1.807, 2.05) is 12.1 Å². The Bertz CT molecular complexity index is 2980. The number of para-hydroxylation sites is 2. The second-order valence-electron chi connectivity index (χ2n) is 15.7. The second kappa shape index (κ2) is 10.6. The highest BCUT2D eigenvalue weighted by molar-refractivity contribution is 6.20. The van der Waals surface area contributed by atoms with Gasteiger partial charge in [-0.3, -0.25) is 0 Å². The fourth-order valence-corrected chi connectivity index (χ4v) is 9.81. The van der Waals surface area contributed by atoms with Crippen LogP contribution in [0.3, 0.4) is 0 Å². The van der Waals surface area contributed by atoms with Crippen LogP contribution in [0.25, 0.3) is 83.3 Å². The molecule has 0 aliphatic heterocycles. The van der Waals surface area contributed by atoms with Gasteiger partial charge < -0.3 is 4.57 Å². The van der Waals surface area contributed by atoms with Gasteiger partial charge in [-0.25, -0.2) is 9.97 Å². The Balaban J connectivity index is 1.20. The number of hydrogen-bond acceptors (Lipinski definition) is 2. The highest BCUT2D eigenvalue weighted by atomic mass is 15.0. The lowest BCUT2D eigenvalue weighted by Crippen LogP contribution is -2.19. The molecule has 11 rings (SSSR count). The largest absolute Gasteiger partial charge is 0.309 e. The van der Waals surface area contributed by atoms with Crippen LogP contribution < -0.4 is 0 Å². The Morgan fingerprint density at radius 3 is 1.75 bits per heavy atom. The van der Waals surface area contributed by atoms with Crippen molar-refractivity contribution in [2.45, 2.75) is 38.5 Å². The SMILES string of the molecule is CC1(C)c2ccccc2-c2c3c(c4c(c21)c1ccccc1n4-c1ccc(-c2nc(-c4ccccc4)c4ccccc4n2)cc1)C(C)(C)c1ccccc1-3. The third-order valence-corrected chi connectivity index (χ3v) is 12.1. The van der Waals surface area contributed by atoms with Gasteiger partial charge in [-0.05, 0) is 80.9 Å². The first kappa shape index (κ1) is 30.3. The summed E-state index contributed by atoms with van der Waals surface area (Å²) in [5.74, 6) is 0.728. The van der Waals surface area contributed by atoms with Crippen molar-refractivity contribution in [1.29, 1.82) is 0 Å². The molecule has 0 N–H and O–H groups in total. The Hall–Kier alpha value is -6.32. The van der Waals surface area contributed by atoms with Crippen molar-refractivity contribution in [3.8, 4) is 50.6 Å². The molecule has 252 valence electrons. The highest BCUT2D eigenvalue weighted by Crippen LogP contribution is 2.63. The number of benzene rings is 7. The Kier molecular flexibility index (Phi) is 6.07. The molecule has 0 amide bonds. The van der Waals surface area contributed by atoms with E-state index >= 15 is 0 Å². The molecule has 0 saturated carbocycles. The molecular formula is C50H37N3. The highest BCUT2D eigenvalue weighted by Gasteiger charge is 2.47. The summed E-state index contributed by atoms with van der Waals surface area (Å²) in [6, 6.07) is 54.9. The van der Waals surface area contributed by atoms with Gasteiger partial charge in [-0.1, -0.05) is 143 Å². The monoisotopic (exact) mass is 679 g/mol. The van der Waals surface area contributed by atoms with Crippen molar-refractivity contribution >= 4 is 32.7 Å². The van der Waals surface area contributed by atoms with Crippen molar-refractivity contribution in [3.63, 3.8) is 0 Å². The molecule has 9 aromatic rings. The van der Waals surface area contributed by atoms with E-state index in [0.717, 1.165) is 39.2 Å². The number of hydrogen-bond donors (Lipinski definition) is 0. The molecule has 0 bridgehead atoms.